The number of hydrogen-bond donors (Lipinski definition) is 2. The standard InChI is InChI=1S/C31H35N4O5/c1-18(2)29(19-7-10-24(40-3)11-8-19)32-31(37)25-15-20-14-23(35(38)39)9-12-27(20)34-16-21-13-22(30(25)34)17-33-26(21)5-4-6-28(33)36/h4-12,14,18,21-22,25,29-30,38H,13,15-17H2,1-3H3,(H,32,37)/q-1/t21?,22?,25-,29?,30+/m1/s1. The number of benzene rings is 2. The largest absolute Gasteiger partial charge is 0.733 e. The second kappa shape index (κ2) is 10.3. The number of fused-ring (bicyclic) bond motifs is 8. The van der Waals surface area contributed by atoms with E-state index in [0.29, 0.717) is 19.5 Å². The second-order valence-electron chi connectivity index (χ2n) is 11.6. The first-order valence-electron chi connectivity index (χ1n) is 13.9. The van der Waals surface area contributed by atoms with E-state index in [1.165, 1.54) is 0 Å². The smallest absolute Gasteiger partial charge is 0.250 e. The van der Waals surface area contributed by atoms with E-state index in [1.54, 1.807) is 25.3 Å². The number of ether oxygens (including phenoxy) is 1. The third-order valence-electron chi connectivity index (χ3n) is 8.99. The number of amides is 1. The molecular formula is C31H35N4O5-. The SMILES string of the molecule is COc1ccc(C(NC(=O)[C@@H]2Cc3cc(N([O-])O)ccc3N3CC4CC(Cn5c4cccc5=O)[C@@H]23)C(C)C)cc1. The summed E-state index contributed by atoms with van der Waals surface area (Å²) < 4.78 is 7.20. The minimum Gasteiger partial charge on any atom is -0.733 e. The van der Waals surface area contributed by atoms with Gasteiger partial charge in [0.05, 0.1) is 24.8 Å². The summed E-state index contributed by atoms with van der Waals surface area (Å²) in [6.07, 6.45) is 1.36. The van der Waals surface area contributed by atoms with Crippen molar-refractivity contribution < 1.29 is 14.7 Å². The minimum atomic E-state index is -0.395. The highest BCUT2D eigenvalue weighted by atomic mass is 16.8. The highest BCUT2D eigenvalue weighted by Crippen LogP contribution is 2.48. The molecule has 1 saturated heterocycles. The molecular weight excluding hydrogens is 508 g/mol. The lowest BCUT2D eigenvalue weighted by atomic mass is 9.70. The van der Waals surface area contributed by atoms with E-state index in [0.717, 1.165) is 34.7 Å². The zero-order valence-corrected chi connectivity index (χ0v) is 23.0. The number of nitrogens with zero attached hydrogens (tertiary/aromatic N) is 3. The van der Waals surface area contributed by atoms with Gasteiger partial charge < -0.3 is 30.0 Å². The lowest BCUT2D eigenvalue weighted by molar-refractivity contribution is -0.127. The van der Waals surface area contributed by atoms with Crippen LogP contribution in [0.2, 0.25) is 0 Å². The molecule has 210 valence electrons. The number of carbonyl (C=O) groups excluding carboxylic acids is 1. The van der Waals surface area contributed by atoms with Crippen molar-refractivity contribution in [1.29, 1.82) is 0 Å². The van der Waals surface area contributed by atoms with Crippen LogP contribution in [0.4, 0.5) is 11.4 Å². The Kier molecular flexibility index (Phi) is 6.80. The molecule has 1 fully saturated rings. The topological polar surface area (TPSA) is 110 Å². The van der Waals surface area contributed by atoms with Gasteiger partial charge in [-0.15, -0.1) is 0 Å². The maximum absolute atomic E-state index is 14.2. The second-order valence-corrected chi connectivity index (χ2v) is 11.6. The molecule has 3 aromatic rings. The summed E-state index contributed by atoms with van der Waals surface area (Å²) >= 11 is 0. The Hall–Kier alpha value is -3.82. The van der Waals surface area contributed by atoms with E-state index < -0.39 is 5.92 Å². The van der Waals surface area contributed by atoms with Gasteiger partial charge in [-0.25, -0.2) is 0 Å². The van der Waals surface area contributed by atoms with Gasteiger partial charge in [-0.3, -0.25) is 14.8 Å². The van der Waals surface area contributed by atoms with Crippen LogP contribution >= 0.6 is 0 Å². The third kappa shape index (κ3) is 4.53. The Morgan fingerprint density at radius 3 is 2.60 bits per heavy atom. The fourth-order valence-corrected chi connectivity index (χ4v) is 7.16. The molecule has 3 aliphatic rings. The molecule has 9 nitrogen and oxygen atoms in total. The predicted molar refractivity (Wildman–Crippen MR) is 153 cm³/mol. The molecule has 2 bridgehead atoms. The van der Waals surface area contributed by atoms with Gasteiger partial charge in [0, 0.05) is 42.5 Å². The van der Waals surface area contributed by atoms with Gasteiger partial charge >= 0.3 is 0 Å². The number of rotatable bonds is 6. The summed E-state index contributed by atoms with van der Waals surface area (Å²) in [7, 11) is 1.63. The van der Waals surface area contributed by atoms with Gasteiger partial charge in [0.25, 0.3) is 5.56 Å². The normalized spacial score (nSPS) is 23.5. The van der Waals surface area contributed by atoms with E-state index >= 15 is 0 Å². The van der Waals surface area contributed by atoms with E-state index in [9.17, 15) is 20.0 Å². The molecule has 6 rings (SSSR count). The molecule has 4 heterocycles. The van der Waals surface area contributed by atoms with Crippen molar-refractivity contribution in [3.05, 3.63) is 93.0 Å². The first-order chi connectivity index (χ1) is 19.2. The Labute approximate surface area is 233 Å². The van der Waals surface area contributed by atoms with Crippen LogP contribution in [0.1, 0.15) is 49.0 Å². The zero-order chi connectivity index (χ0) is 28.1. The molecule has 5 atom stereocenters. The predicted octanol–water partition coefficient (Wildman–Crippen LogP) is 4.23. The molecule has 0 saturated carbocycles. The van der Waals surface area contributed by atoms with Crippen LogP contribution in [0.25, 0.3) is 0 Å². The van der Waals surface area contributed by atoms with Gasteiger partial charge in [-0.2, -0.15) is 0 Å². The van der Waals surface area contributed by atoms with Crippen LogP contribution < -0.4 is 25.7 Å². The number of nitrogens with one attached hydrogen (secondary N) is 1. The molecule has 40 heavy (non-hydrogen) atoms. The van der Waals surface area contributed by atoms with E-state index in [1.807, 2.05) is 47.0 Å². The lowest BCUT2D eigenvalue weighted by Crippen LogP contribution is -2.61. The summed E-state index contributed by atoms with van der Waals surface area (Å²) in [5.74, 6) is 0.738. The van der Waals surface area contributed by atoms with Gasteiger partial charge in [0.15, 0.2) is 0 Å². The van der Waals surface area contributed by atoms with Crippen molar-refractivity contribution in [2.24, 2.45) is 17.8 Å². The molecule has 0 radical (unpaired) electrons. The quantitative estimate of drug-likeness (QED) is 0.448. The number of piperidine rings is 1. The number of methoxy groups -OCH3 is 1. The molecule has 3 unspecified atom stereocenters. The Morgan fingerprint density at radius 1 is 1.12 bits per heavy atom. The average molecular weight is 544 g/mol. The first-order valence-corrected chi connectivity index (χ1v) is 13.9. The molecule has 2 N–H and O–H groups in total. The van der Waals surface area contributed by atoms with Gasteiger partial charge in [0.2, 0.25) is 5.91 Å². The van der Waals surface area contributed by atoms with Crippen molar-refractivity contribution in [3.63, 3.8) is 0 Å². The van der Waals surface area contributed by atoms with E-state index in [2.05, 4.69) is 24.1 Å². The molecule has 1 aromatic heterocycles. The highest BCUT2D eigenvalue weighted by Gasteiger charge is 2.49. The van der Waals surface area contributed by atoms with Crippen LogP contribution in [-0.2, 0) is 17.8 Å². The third-order valence-corrected chi connectivity index (χ3v) is 8.99. The zero-order valence-electron chi connectivity index (χ0n) is 23.0. The van der Waals surface area contributed by atoms with Crippen LogP contribution in [0, 0.1) is 23.0 Å². The fourth-order valence-electron chi connectivity index (χ4n) is 7.16. The van der Waals surface area contributed by atoms with Crippen molar-refractivity contribution >= 4 is 17.3 Å². The van der Waals surface area contributed by atoms with Crippen LogP contribution in [0.5, 0.6) is 5.75 Å². The average Bonchev–Trinajstić information content (AvgIpc) is 2.95. The molecule has 0 aliphatic carbocycles. The number of pyridine rings is 1. The van der Waals surface area contributed by atoms with Crippen LogP contribution in [0.15, 0.2) is 65.5 Å². The van der Waals surface area contributed by atoms with Crippen LogP contribution in [0.3, 0.4) is 0 Å². The van der Waals surface area contributed by atoms with Crippen LogP contribution in [-0.4, -0.2) is 35.4 Å². The number of carbonyl (C=O) groups is 1. The van der Waals surface area contributed by atoms with Gasteiger partial charge in [-0.1, -0.05) is 32.0 Å². The molecule has 3 aliphatic heterocycles. The number of anilines is 2. The summed E-state index contributed by atoms with van der Waals surface area (Å²) in [4.78, 5) is 29.3. The minimum absolute atomic E-state index is 0.000337. The Balaban J connectivity index is 1.38. The molecule has 1 amide bonds. The van der Waals surface area contributed by atoms with Crippen molar-refractivity contribution in [3.8, 4) is 5.75 Å². The summed E-state index contributed by atoms with van der Waals surface area (Å²) in [5.41, 5.74) is 4.02. The highest BCUT2D eigenvalue weighted by molar-refractivity contribution is 5.83. The van der Waals surface area contributed by atoms with E-state index in [-0.39, 0.29) is 52.2 Å². The van der Waals surface area contributed by atoms with Crippen molar-refractivity contribution in [1.82, 2.24) is 9.88 Å². The Bertz CT molecular complexity index is 1470. The van der Waals surface area contributed by atoms with E-state index in [4.69, 9.17) is 4.74 Å². The first kappa shape index (κ1) is 26.4. The van der Waals surface area contributed by atoms with Crippen molar-refractivity contribution in [2.45, 2.75) is 51.2 Å². The molecule has 2 aromatic carbocycles. The summed E-state index contributed by atoms with van der Waals surface area (Å²) in [5, 5.41) is 24.5. The van der Waals surface area contributed by atoms with Gasteiger partial charge in [0.1, 0.15) is 5.75 Å². The number of hydrogen-bond acceptors (Lipinski definition) is 7. The monoisotopic (exact) mass is 543 g/mol. The van der Waals surface area contributed by atoms with Crippen molar-refractivity contribution in [2.75, 3.05) is 23.8 Å². The summed E-state index contributed by atoms with van der Waals surface area (Å²) in [6.45, 7) is 5.42. The molecule has 0 spiro atoms. The fraction of sp³-hybridized carbons (Fsp3) is 0.419. The Morgan fingerprint density at radius 2 is 1.90 bits per heavy atom. The molecule has 9 heteroatoms. The van der Waals surface area contributed by atoms with Gasteiger partial charge in [-0.05, 0) is 72.2 Å². The summed E-state index contributed by atoms with van der Waals surface area (Å²) in [6, 6.07) is 18.1. The number of aromatic nitrogens is 1. The maximum Gasteiger partial charge on any atom is 0.250 e. The lowest BCUT2D eigenvalue weighted by Gasteiger charge is -2.54. The maximum atomic E-state index is 14.2.